The molecule has 0 spiro atoms. The molecule has 1 aromatic carbocycles. The molecule has 1 aliphatic rings. The van der Waals surface area contributed by atoms with E-state index >= 15 is 0 Å². The van der Waals surface area contributed by atoms with E-state index in [1.165, 1.54) is 0 Å². The predicted molar refractivity (Wildman–Crippen MR) is 97.7 cm³/mol. The van der Waals surface area contributed by atoms with Crippen molar-refractivity contribution in [3.8, 4) is 11.5 Å². The Labute approximate surface area is 165 Å². The zero-order valence-electron chi connectivity index (χ0n) is 15.8. The lowest BCUT2D eigenvalue weighted by Crippen LogP contribution is -2.32. The van der Waals surface area contributed by atoms with Gasteiger partial charge in [0, 0.05) is 6.54 Å². The number of carbonyl (C=O) groups is 3. The first-order valence-corrected chi connectivity index (χ1v) is 8.94. The van der Waals surface area contributed by atoms with Gasteiger partial charge >= 0.3 is 5.97 Å². The van der Waals surface area contributed by atoms with Crippen LogP contribution in [-0.4, -0.2) is 39.4 Å². The Balaban J connectivity index is 1.31. The number of amides is 2. The zero-order chi connectivity index (χ0) is 20.5. The van der Waals surface area contributed by atoms with Crippen molar-refractivity contribution in [2.45, 2.75) is 26.9 Å². The summed E-state index contributed by atoms with van der Waals surface area (Å²) in [5.41, 5.74) is 1.36. The number of hydrogen-bond acceptors (Lipinski definition) is 8. The molecule has 4 rings (SSSR count). The van der Waals surface area contributed by atoms with Crippen LogP contribution < -0.4 is 0 Å². The molecule has 3 aromatic rings. The minimum absolute atomic E-state index is 0.0618. The van der Waals surface area contributed by atoms with Gasteiger partial charge in [-0.15, -0.1) is 10.2 Å². The van der Waals surface area contributed by atoms with E-state index in [1.807, 2.05) is 6.92 Å². The largest absolute Gasteiger partial charge is 0.466 e. The van der Waals surface area contributed by atoms with Crippen molar-refractivity contribution in [3.63, 3.8) is 0 Å². The summed E-state index contributed by atoms with van der Waals surface area (Å²) >= 11 is 0. The minimum Gasteiger partial charge on any atom is -0.466 e. The van der Waals surface area contributed by atoms with E-state index in [1.54, 1.807) is 37.3 Å². The Kier molecular flexibility index (Phi) is 4.71. The number of imide groups is 1. The number of fused-ring (bicyclic) bond motifs is 1. The van der Waals surface area contributed by atoms with Crippen LogP contribution in [-0.2, 0) is 16.1 Å². The van der Waals surface area contributed by atoms with Crippen LogP contribution >= 0.6 is 0 Å². The first-order chi connectivity index (χ1) is 13.9. The molecule has 0 saturated carbocycles. The van der Waals surface area contributed by atoms with Gasteiger partial charge in [-0.1, -0.05) is 12.1 Å². The Bertz CT molecular complexity index is 1080. The van der Waals surface area contributed by atoms with Gasteiger partial charge in [0.1, 0.15) is 11.5 Å². The highest BCUT2D eigenvalue weighted by Gasteiger charge is 2.35. The number of aryl methyl sites for hydroxylation is 2. The fraction of sp³-hybridized carbons (Fsp3) is 0.250. The number of furan rings is 1. The van der Waals surface area contributed by atoms with Crippen LogP contribution in [0.5, 0.6) is 0 Å². The van der Waals surface area contributed by atoms with Crippen LogP contribution in [0.15, 0.2) is 39.2 Å². The van der Waals surface area contributed by atoms with Crippen LogP contribution in [0.2, 0.25) is 0 Å². The molecular weight excluding hydrogens is 378 g/mol. The second kappa shape index (κ2) is 7.34. The number of aromatic nitrogens is 2. The molecule has 3 heterocycles. The van der Waals surface area contributed by atoms with Crippen molar-refractivity contribution in [3.05, 3.63) is 58.9 Å². The molecule has 0 aliphatic carbocycles. The summed E-state index contributed by atoms with van der Waals surface area (Å²) in [5, 5.41) is 7.77. The van der Waals surface area contributed by atoms with Gasteiger partial charge in [0.2, 0.25) is 0 Å². The molecule has 29 heavy (non-hydrogen) atoms. The van der Waals surface area contributed by atoms with Gasteiger partial charge in [-0.25, -0.2) is 0 Å². The average molecular weight is 395 g/mol. The molecule has 2 aromatic heterocycles. The molecule has 0 fully saturated rings. The summed E-state index contributed by atoms with van der Waals surface area (Å²) in [5.74, 6) is 0.365. The SMILES string of the molecule is Cc1cc(-c2nnc(COC(=O)CCN3C(=O)c4ccccc4C3=O)o2)c(C)o1. The van der Waals surface area contributed by atoms with E-state index in [-0.39, 0.29) is 31.4 Å². The second-order valence-electron chi connectivity index (χ2n) is 6.55. The van der Waals surface area contributed by atoms with Crippen molar-refractivity contribution in [1.82, 2.24) is 15.1 Å². The fourth-order valence-corrected chi connectivity index (χ4v) is 3.12. The van der Waals surface area contributed by atoms with Gasteiger partial charge in [0.15, 0.2) is 6.61 Å². The van der Waals surface area contributed by atoms with Crippen LogP contribution in [0.1, 0.15) is 44.5 Å². The minimum atomic E-state index is -0.586. The maximum atomic E-state index is 12.3. The lowest BCUT2D eigenvalue weighted by atomic mass is 10.1. The second-order valence-corrected chi connectivity index (χ2v) is 6.55. The van der Waals surface area contributed by atoms with E-state index in [9.17, 15) is 14.4 Å². The summed E-state index contributed by atoms with van der Waals surface area (Å²) < 4.78 is 16.0. The van der Waals surface area contributed by atoms with Gasteiger partial charge < -0.3 is 13.6 Å². The molecule has 9 nitrogen and oxygen atoms in total. The molecule has 0 saturated heterocycles. The normalized spacial score (nSPS) is 13.1. The Morgan fingerprint density at radius 1 is 1.03 bits per heavy atom. The number of benzene rings is 1. The Morgan fingerprint density at radius 2 is 1.72 bits per heavy atom. The predicted octanol–water partition coefficient (Wildman–Crippen LogP) is 2.68. The number of carbonyl (C=O) groups excluding carboxylic acids is 3. The van der Waals surface area contributed by atoms with E-state index < -0.39 is 17.8 Å². The maximum absolute atomic E-state index is 12.3. The standard InChI is InChI=1S/C20H17N3O6/c1-11-9-15(12(2)28-11)18-22-21-16(29-18)10-27-17(24)7-8-23-19(25)13-5-3-4-6-14(13)20(23)26/h3-6,9H,7-8,10H2,1-2H3. The molecule has 2 amide bonds. The van der Waals surface area contributed by atoms with Crippen molar-refractivity contribution in [1.29, 1.82) is 0 Å². The summed E-state index contributed by atoms with van der Waals surface area (Å²) in [7, 11) is 0. The number of ether oxygens (including phenoxy) is 1. The third-order valence-electron chi connectivity index (χ3n) is 4.51. The van der Waals surface area contributed by atoms with Gasteiger partial charge in [0.05, 0.1) is 23.1 Å². The average Bonchev–Trinajstić information content (AvgIpc) is 3.37. The van der Waals surface area contributed by atoms with Crippen LogP contribution in [0, 0.1) is 13.8 Å². The number of rotatable bonds is 6. The smallest absolute Gasteiger partial charge is 0.308 e. The van der Waals surface area contributed by atoms with Crippen molar-refractivity contribution in [2.24, 2.45) is 0 Å². The maximum Gasteiger partial charge on any atom is 0.308 e. The van der Waals surface area contributed by atoms with E-state index in [0.717, 1.165) is 10.7 Å². The van der Waals surface area contributed by atoms with Crippen molar-refractivity contribution in [2.75, 3.05) is 6.54 Å². The molecule has 1 aliphatic heterocycles. The summed E-state index contributed by atoms with van der Waals surface area (Å²) in [4.78, 5) is 37.6. The lowest BCUT2D eigenvalue weighted by molar-refractivity contribution is -0.145. The molecule has 9 heteroatoms. The van der Waals surface area contributed by atoms with Crippen molar-refractivity contribution >= 4 is 17.8 Å². The van der Waals surface area contributed by atoms with E-state index in [4.69, 9.17) is 13.6 Å². The van der Waals surface area contributed by atoms with Gasteiger partial charge in [-0.05, 0) is 32.0 Å². The molecule has 0 radical (unpaired) electrons. The number of esters is 1. The topological polar surface area (TPSA) is 116 Å². The van der Waals surface area contributed by atoms with E-state index in [2.05, 4.69) is 10.2 Å². The first-order valence-electron chi connectivity index (χ1n) is 8.94. The third kappa shape index (κ3) is 3.54. The van der Waals surface area contributed by atoms with Gasteiger partial charge in [-0.3, -0.25) is 19.3 Å². The zero-order valence-corrected chi connectivity index (χ0v) is 15.8. The molecular formula is C20H17N3O6. The van der Waals surface area contributed by atoms with Gasteiger partial charge in [-0.2, -0.15) is 0 Å². The van der Waals surface area contributed by atoms with Crippen LogP contribution in [0.3, 0.4) is 0 Å². The van der Waals surface area contributed by atoms with Crippen LogP contribution in [0.25, 0.3) is 11.5 Å². The quantitative estimate of drug-likeness (QED) is 0.462. The monoisotopic (exact) mass is 395 g/mol. The summed E-state index contributed by atoms with van der Waals surface area (Å²) in [6.45, 7) is 3.33. The molecule has 0 N–H and O–H groups in total. The summed E-state index contributed by atoms with van der Waals surface area (Å²) in [6, 6.07) is 8.33. The number of hydrogen-bond donors (Lipinski definition) is 0. The van der Waals surface area contributed by atoms with E-state index in [0.29, 0.717) is 22.5 Å². The summed E-state index contributed by atoms with van der Waals surface area (Å²) in [6.07, 6.45) is -0.132. The van der Waals surface area contributed by atoms with Crippen LogP contribution in [0.4, 0.5) is 0 Å². The molecule has 0 bridgehead atoms. The molecule has 0 atom stereocenters. The van der Waals surface area contributed by atoms with Gasteiger partial charge in [0.25, 0.3) is 23.6 Å². The number of nitrogens with zero attached hydrogens (tertiary/aromatic N) is 3. The highest BCUT2D eigenvalue weighted by molar-refractivity contribution is 6.21. The molecule has 0 unspecified atom stereocenters. The third-order valence-corrected chi connectivity index (χ3v) is 4.51. The lowest BCUT2D eigenvalue weighted by Gasteiger charge is -2.12. The fourth-order valence-electron chi connectivity index (χ4n) is 3.12. The highest BCUT2D eigenvalue weighted by Crippen LogP contribution is 2.25. The Hall–Kier alpha value is -3.75. The first kappa shape index (κ1) is 18.6. The highest BCUT2D eigenvalue weighted by atomic mass is 16.5. The molecule has 148 valence electrons. The Morgan fingerprint density at radius 3 is 2.34 bits per heavy atom. The van der Waals surface area contributed by atoms with Crippen molar-refractivity contribution < 1.29 is 28.0 Å².